The molecule has 1 aromatic heterocycles. The van der Waals surface area contributed by atoms with Gasteiger partial charge in [0.05, 0.1) is 37.4 Å². The summed E-state index contributed by atoms with van der Waals surface area (Å²) in [7, 11) is 1.34. The first-order valence-electron chi connectivity index (χ1n) is 12.4. The van der Waals surface area contributed by atoms with E-state index in [1.54, 1.807) is 18.2 Å². The number of methoxy groups -OCH3 is 1. The molecule has 0 aliphatic carbocycles. The Hall–Kier alpha value is -4.14. The minimum atomic E-state index is -0.423. The number of nitrogens with zero attached hydrogens (tertiary/aromatic N) is 3. The second-order valence-electron chi connectivity index (χ2n) is 8.79. The van der Waals surface area contributed by atoms with Crippen LogP contribution in [0.15, 0.2) is 60.9 Å². The number of aromatic nitrogens is 2. The van der Waals surface area contributed by atoms with Gasteiger partial charge >= 0.3 is 5.97 Å². The van der Waals surface area contributed by atoms with Crippen molar-refractivity contribution >= 4 is 17.8 Å². The van der Waals surface area contributed by atoms with Crippen molar-refractivity contribution < 1.29 is 23.8 Å². The number of rotatable bonds is 9. The molecule has 0 bridgehead atoms. The van der Waals surface area contributed by atoms with Crippen molar-refractivity contribution in [1.82, 2.24) is 15.3 Å². The van der Waals surface area contributed by atoms with E-state index >= 15 is 0 Å². The zero-order valence-electron chi connectivity index (χ0n) is 21.3. The monoisotopic (exact) mass is 504 g/mol. The molecule has 9 heteroatoms. The van der Waals surface area contributed by atoms with E-state index in [1.807, 2.05) is 44.2 Å². The van der Waals surface area contributed by atoms with Crippen LogP contribution >= 0.6 is 0 Å². The summed E-state index contributed by atoms with van der Waals surface area (Å²) >= 11 is 0. The molecular formula is C28H32N4O5. The van der Waals surface area contributed by atoms with Crippen LogP contribution in [0.3, 0.4) is 0 Å². The summed E-state index contributed by atoms with van der Waals surface area (Å²) in [6.07, 6.45) is 4.90. The Morgan fingerprint density at radius 3 is 2.57 bits per heavy atom. The summed E-state index contributed by atoms with van der Waals surface area (Å²) in [5, 5.41) is 2.93. The molecule has 0 saturated carbocycles. The van der Waals surface area contributed by atoms with Crippen molar-refractivity contribution in [3.8, 4) is 11.5 Å². The van der Waals surface area contributed by atoms with Gasteiger partial charge < -0.3 is 24.4 Å². The molecule has 4 rings (SSSR count). The first kappa shape index (κ1) is 25.9. The molecular weight excluding hydrogens is 472 g/mol. The van der Waals surface area contributed by atoms with Gasteiger partial charge in [0, 0.05) is 18.9 Å². The van der Waals surface area contributed by atoms with E-state index in [2.05, 4.69) is 20.2 Å². The van der Waals surface area contributed by atoms with Crippen LogP contribution in [0.4, 0.5) is 5.95 Å². The number of hydrogen-bond donors (Lipinski definition) is 1. The Labute approximate surface area is 216 Å². The largest absolute Gasteiger partial charge is 0.490 e. The number of piperidine rings is 1. The van der Waals surface area contributed by atoms with E-state index < -0.39 is 5.97 Å². The summed E-state index contributed by atoms with van der Waals surface area (Å²) in [6.45, 7) is 5.82. The summed E-state index contributed by atoms with van der Waals surface area (Å²) in [6, 6.07) is 14.3. The van der Waals surface area contributed by atoms with Gasteiger partial charge in [0.1, 0.15) is 6.10 Å². The number of para-hydroxylation sites is 2. The standard InChI is InChI=1S/C28H32N4O5/c1-4-36-24-12-5-6-13-25(24)37-23-11-8-14-32(18-23)28-29-16-22(17-30-28)26(33)31-19(2)20-9-7-10-21(15-20)27(34)35-3/h5-7,9-10,12-13,15-17,19,23H,4,8,11,14,18H2,1-3H3,(H,31,33)/t19-,23?/m1/s1. The number of ether oxygens (including phenoxy) is 3. The Morgan fingerprint density at radius 1 is 1.08 bits per heavy atom. The lowest BCUT2D eigenvalue weighted by Gasteiger charge is -2.33. The van der Waals surface area contributed by atoms with Gasteiger partial charge in [-0.15, -0.1) is 0 Å². The molecule has 9 nitrogen and oxygen atoms in total. The molecule has 2 heterocycles. The normalized spacial score (nSPS) is 16.0. The number of amides is 1. The maximum Gasteiger partial charge on any atom is 0.337 e. The number of nitrogens with one attached hydrogen (secondary N) is 1. The Morgan fingerprint density at radius 2 is 1.84 bits per heavy atom. The number of benzene rings is 2. The first-order chi connectivity index (χ1) is 18.0. The highest BCUT2D eigenvalue weighted by Gasteiger charge is 2.24. The zero-order valence-corrected chi connectivity index (χ0v) is 21.3. The van der Waals surface area contributed by atoms with Crippen molar-refractivity contribution in [2.24, 2.45) is 0 Å². The highest BCUT2D eigenvalue weighted by molar-refractivity contribution is 5.94. The third-order valence-corrected chi connectivity index (χ3v) is 6.16. The van der Waals surface area contributed by atoms with Gasteiger partial charge in [0.25, 0.3) is 5.91 Å². The SMILES string of the molecule is CCOc1ccccc1OC1CCCN(c2ncc(C(=O)N[C@H](C)c3cccc(C(=O)OC)c3)cn2)C1. The quantitative estimate of drug-likeness (QED) is 0.433. The second-order valence-corrected chi connectivity index (χ2v) is 8.79. The van der Waals surface area contributed by atoms with E-state index in [4.69, 9.17) is 14.2 Å². The van der Waals surface area contributed by atoms with Crippen LogP contribution in [-0.4, -0.2) is 54.8 Å². The van der Waals surface area contributed by atoms with E-state index in [0.717, 1.165) is 36.4 Å². The molecule has 1 unspecified atom stereocenters. The maximum absolute atomic E-state index is 12.8. The molecule has 0 spiro atoms. The van der Waals surface area contributed by atoms with Crippen LogP contribution in [0.1, 0.15) is 59.0 Å². The smallest absolute Gasteiger partial charge is 0.337 e. The fourth-order valence-corrected chi connectivity index (χ4v) is 4.24. The molecule has 0 radical (unpaired) electrons. The topological polar surface area (TPSA) is 103 Å². The molecule has 3 aromatic rings. The average molecular weight is 505 g/mol. The summed E-state index contributed by atoms with van der Waals surface area (Å²) in [5.41, 5.74) is 1.58. The predicted octanol–water partition coefficient (Wildman–Crippen LogP) is 4.20. The van der Waals surface area contributed by atoms with Gasteiger partial charge in [-0.25, -0.2) is 14.8 Å². The van der Waals surface area contributed by atoms with Crippen molar-refractivity contribution in [1.29, 1.82) is 0 Å². The molecule has 194 valence electrons. The number of hydrogen-bond acceptors (Lipinski definition) is 8. The minimum Gasteiger partial charge on any atom is -0.490 e. The molecule has 1 N–H and O–H groups in total. The lowest BCUT2D eigenvalue weighted by molar-refractivity contribution is 0.0600. The summed E-state index contributed by atoms with van der Waals surface area (Å²) in [5.74, 6) is 1.31. The molecule has 37 heavy (non-hydrogen) atoms. The van der Waals surface area contributed by atoms with E-state index in [-0.39, 0.29) is 18.1 Å². The highest BCUT2D eigenvalue weighted by Crippen LogP contribution is 2.29. The summed E-state index contributed by atoms with van der Waals surface area (Å²) in [4.78, 5) is 35.6. The van der Waals surface area contributed by atoms with Crippen LogP contribution in [0.25, 0.3) is 0 Å². The van der Waals surface area contributed by atoms with E-state index in [0.29, 0.717) is 30.2 Å². The van der Waals surface area contributed by atoms with Crippen LogP contribution in [0, 0.1) is 0 Å². The zero-order chi connectivity index (χ0) is 26.2. The predicted molar refractivity (Wildman–Crippen MR) is 139 cm³/mol. The van der Waals surface area contributed by atoms with Crippen molar-refractivity contribution in [2.75, 3.05) is 31.7 Å². The number of esters is 1. The van der Waals surface area contributed by atoms with Gasteiger partial charge in [-0.05, 0) is 56.5 Å². The van der Waals surface area contributed by atoms with Gasteiger partial charge in [-0.3, -0.25) is 4.79 Å². The van der Waals surface area contributed by atoms with Crippen molar-refractivity contribution in [2.45, 2.75) is 38.8 Å². The molecule has 2 atom stereocenters. The highest BCUT2D eigenvalue weighted by atomic mass is 16.5. The van der Waals surface area contributed by atoms with Gasteiger partial charge in [0.2, 0.25) is 5.95 Å². The maximum atomic E-state index is 12.8. The molecule has 1 aliphatic heterocycles. The van der Waals surface area contributed by atoms with Gasteiger partial charge in [-0.2, -0.15) is 0 Å². The molecule has 2 aromatic carbocycles. The van der Waals surface area contributed by atoms with Crippen LogP contribution < -0.4 is 19.7 Å². The van der Waals surface area contributed by atoms with Crippen LogP contribution in [0.5, 0.6) is 11.5 Å². The van der Waals surface area contributed by atoms with Crippen LogP contribution in [-0.2, 0) is 4.74 Å². The molecule has 1 fully saturated rings. The molecule has 1 saturated heterocycles. The van der Waals surface area contributed by atoms with Crippen molar-refractivity contribution in [3.63, 3.8) is 0 Å². The molecule has 1 aliphatic rings. The number of carbonyl (C=O) groups is 2. The Kier molecular flexibility index (Phi) is 8.56. The Bertz CT molecular complexity index is 1220. The number of carbonyl (C=O) groups excluding carboxylic acids is 2. The van der Waals surface area contributed by atoms with Crippen molar-refractivity contribution in [3.05, 3.63) is 77.6 Å². The first-order valence-corrected chi connectivity index (χ1v) is 12.4. The van der Waals surface area contributed by atoms with Crippen LogP contribution in [0.2, 0.25) is 0 Å². The lowest BCUT2D eigenvalue weighted by atomic mass is 10.0. The minimum absolute atomic E-state index is 0.0245. The fraction of sp³-hybridized carbons (Fsp3) is 0.357. The Balaban J connectivity index is 1.37. The fourth-order valence-electron chi connectivity index (χ4n) is 4.24. The van der Waals surface area contributed by atoms with E-state index in [9.17, 15) is 9.59 Å². The second kappa shape index (κ2) is 12.2. The average Bonchev–Trinajstić information content (AvgIpc) is 2.94. The van der Waals surface area contributed by atoms with Gasteiger partial charge in [-0.1, -0.05) is 24.3 Å². The third-order valence-electron chi connectivity index (χ3n) is 6.16. The number of anilines is 1. The third kappa shape index (κ3) is 6.55. The van der Waals surface area contributed by atoms with Gasteiger partial charge in [0.15, 0.2) is 11.5 Å². The summed E-state index contributed by atoms with van der Waals surface area (Å²) < 4.78 is 16.7. The lowest BCUT2D eigenvalue weighted by Crippen LogP contribution is -2.42. The molecule has 1 amide bonds. The van der Waals surface area contributed by atoms with E-state index in [1.165, 1.54) is 19.5 Å².